The van der Waals surface area contributed by atoms with Gasteiger partial charge in [-0.3, -0.25) is 0 Å². The quantitative estimate of drug-likeness (QED) is 0.780. The molecule has 1 aromatic rings. The van der Waals surface area contributed by atoms with Crippen LogP contribution in [-0.2, 0) is 5.41 Å². The molecule has 1 fully saturated rings. The van der Waals surface area contributed by atoms with Crippen molar-refractivity contribution in [3.05, 3.63) is 22.4 Å². The fraction of sp³-hybridized carbons (Fsp3) is 0.400. The minimum atomic E-state index is -0.351. The molecule has 3 nitrogen and oxygen atoms in total. The number of hydrogen-bond donors (Lipinski definition) is 1. The van der Waals surface area contributed by atoms with Crippen molar-refractivity contribution in [1.29, 1.82) is 5.26 Å². The van der Waals surface area contributed by atoms with Crippen LogP contribution in [-0.4, -0.2) is 4.98 Å². The maximum absolute atomic E-state index is 9.11. The van der Waals surface area contributed by atoms with E-state index in [1.165, 1.54) is 0 Å². The molecule has 1 aromatic heterocycles. The van der Waals surface area contributed by atoms with Gasteiger partial charge in [-0.2, -0.15) is 5.26 Å². The van der Waals surface area contributed by atoms with Crippen LogP contribution in [0.15, 0.2) is 16.7 Å². The molecule has 2 N–H and O–H groups in total. The standard InChI is InChI=1S/C10H10BrN3/c11-9-7(13)2-3-8(14-9)10(6-12)4-1-5-10/h2-3H,1,4-5,13H2. The fourth-order valence-electron chi connectivity index (χ4n) is 1.67. The molecule has 0 unspecified atom stereocenters. The molecule has 1 aliphatic carbocycles. The number of rotatable bonds is 1. The molecule has 72 valence electrons. The van der Waals surface area contributed by atoms with Gasteiger partial charge in [-0.05, 0) is 47.3 Å². The van der Waals surface area contributed by atoms with Crippen LogP contribution in [0.5, 0.6) is 0 Å². The molecule has 0 aliphatic heterocycles. The van der Waals surface area contributed by atoms with Crippen LogP contribution in [0, 0.1) is 11.3 Å². The molecule has 0 saturated heterocycles. The third-order valence-electron chi connectivity index (χ3n) is 2.79. The van der Waals surface area contributed by atoms with Gasteiger partial charge in [0.05, 0.1) is 22.9 Å². The number of nitriles is 1. The van der Waals surface area contributed by atoms with Crippen molar-refractivity contribution in [2.24, 2.45) is 0 Å². The predicted molar refractivity (Wildman–Crippen MR) is 57.5 cm³/mol. The topological polar surface area (TPSA) is 62.7 Å². The monoisotopic (exact) mass is 251 g/mol. The van der Waals surface area contributed by atoms with Crippen molar-refractivity contribution >= 4 is 21.6 Å². The number of pyridine rings is 1. The summed E-state index contributed by atoms with van der Waals surface area (Å²) in [7, 11) is 0. The lowest BCUT2D eigenvalue weighted by molar-refractivity contribution is 0.316. The number of hydrogen-bond acceptors (Lipinski definition) is 3. The Bertz CT molecular complexity index is 404. The molecule has 0 amide bonds. The van der Waals surface area contributed by atoms with E-state index < -0.39 is 0 Å². The molecule has 14 heavy (non-hydrogen) atoms. The Labute approximate surface area is 91.1 Å². The van der Waals surface area contributed by atoms with Gasteiger partial charge in [0.15, 0.2) is 0 Å². The highest BCUT2D eigenvalue weighted by atomic mass is 79.9. The third-order valence-corrected chi connectivity index (χ3v) is 3.42. The van der Waals surface area contributed by atoms with Crippen LogP contribution < -0.4 is 5.73 Å². The third kappa shape index (κ3) is 1.28. The summed E-state index contributed by atoms with van der Waals surface area (Å²) < 4.78 is 0.636. The lowest BCUT2D eigenvalue weighted by atomic mass is 9.67. The molecule has 1 heterocycles. The minimum absolute atomic E-state index is 0.351. The van der Waals surface area contributed by atoms with Crippen molar-refractivity contribution in [1.82, 2.24) is 4.98 Å². The second-order valence-corrected chi connectivity index (χ2v) is 4.38. The largest absolute Gasteiger partial charge is 0.397 e. The Morgan fingerprint density at radius 3 is 2.64 bits per heavy atom. The number of aromatic nitrogens is 1. The second kappa shape index (κ2) is 3.25. The molecule has 0 aromatic carbocycles. The molecular weight excluding hydrogens is 242 g/mol. The second-order valence-electron chi connectivity index (χ2n) is 3.62. The van der Waals surface area contributed by atoms with E-state index in [0.29, 0.717) is 10.3 Å². The Kier molecular flexibility index (Phi) is 2.20. The van der Waals surface area contributed by atoms with Crippen molar-refractivity contribution in [3.8, 4) is 6.07 Å². The summed E-state index contributed by atoms with van der Waals surface area (Å²) >= 11 is 3.28. The maximum atomic E-state index is 9.11. The van der Waals surface area contributed by atoms with E-state index in [4.69, 9.17) is 11.0 Å². The first kappa shape index (κ1) is 9.47. The zero-order valence-electron chi connectivity index (χ0n) is 7.63. The summed E-state index contributed by atoms with van der Waals surface area (Å²) in [5, 5.41) is 9.11. The molecule has 4 heteroatoms. The van der Waals surface area contributed by atoms with Gasteiger partial charge in [0.25, 0.3) is 0 Å². The Hall–Kier alpha value is -1.08. The first-order valence-electron chi connectivity index (χ1n) is 4.52. The summed E-state index contributed by atoms with van der Waals surface area (Å²) in [6, 6.07) is 6.00. The molecule has 0 bridgehead atoms. The van der Waals surface area contributed by atoms with Crippen molar-refractivity contribution in [2.75, 3.05) is 5.73 Å². The van der Waals surface area contributed by atoms with Crippen LogP contribution in [0.1, 0.15) is 25.0 Å². The van der Waals surface area contributed by atoms with Crippen LogP contribution in [0.25, 0.3) is 0 Å². The Morgan fingerprint density at radius 1 is 1.50 bits per heavy atom. The van der Waals surface area contributed by atoms with E-state index in [1.807, 2.05) is 6.07 Å². The van der Waals surface area contributed by atoms with E-state index in [-0.39, 0.29) is 5.41 Å². The van der Waals surface area contributed by atoms with Gasteiger partial charge in [0.2, 0.25) is 0 Å². The number of halogens is 1. The van der Waals surface area contributed by atoms with Crippen molar-refractivity contribution in [2.45, 2.75) is 24.7 Å². The van der Waals surface area contributed by atoms with Crippen molar-refractivity contribution in [3.63, 3.8) is 0 Å². The highest BCUT2D eigenvalue weighted by molar-refractivity contribution is 9.10. The van der Waals surface area contributed by atoms with Gasteiger partial charge in [-0.1, -0.05) is 0 Å². The summed E-state index contributed by atoms with van der Waals surface area (Å²) in [6.07, 6.45) is 2.93. The van der Waals surface area contributed by atoms with E-state index >= 15 is 0 Å². The normalized spacial score (nSPS) is 18.3. The maximum Gasteiger partial charge on any atom is 0.129 e. The Balaban J connectivity index is 2.42. The molecular formula is C10H10BrN3. The van der Waals surface area contributed by atoms with Crippen molar-refractivity contribution < 1.29 is 0 Å². The van der Waals surface area contributed by atoms with Crippen LogP contribution in [0.2, 0.25) is 0 Å². The van der Waals surface area contributed by atoms with E-state index in [2.05, 4.69) is 27.0 Å². The van der Waals surface area contributed by atoms with E-state index in [9.17, 15) is 0 Å². The smallest absolute Gasteiger partial charge is 0.129 e. The zero-order chi connectivity index (χ0) is 10.2. The SMILES string of the molecule is N#CC1(c2ccc(N)c(Br)n2)CCC1. The van der Waals surface area contributed by atoms with E-state index in [1.54, 1.807) is 6.07 Å². The average molecular weight is 252 g/mol. The number of nitrogens with zero attached hydrogens (tertiary/aromatic N) is 2. The highest BCUT2D eigenvalue weighted by Crippen LogP contribution is 2.42. The molecule has 1 aliphatic rings. The molecule has 0 radical (unpaired) electrons. The van der Waals surface area contributed by atoms with Gasteiger partial charge in [-0.15, -0.1) is 0 Å². The number of anilines is 1. The van der Waals surface area contributed by atoms with Crippen LogP contribution in [0.4, 0.5) is 5.69 Å². The first-order valence-corrected chi connectivity index (χ1v) is 5.31. The summed E-state index contributed by atoms with van der Waals surface area (Å²) in [6.45, 7) is 0. The zero-order valence-corrected chi connectivity index (χ0v) is 9.21. The van der Waals surface area contributed by atoms with Gasteiger partial charge in [-0.25, -0.2) is 4.98 Å². The highest BCUT2D eigenvalue weighted by Gasteiger charge is 2.40. The molecule has 0 atom stereocenters. The summed E-state index contributed by atoms with van der Waals surface area (Å²) in [4.78, 5) is 4.31. The molecule has 0 spiro atoms. The lowest BCUT2D eigenvalue weighted by Crippen LogP contribution is -2.33. The molecule has 1 saturated carbocycles. The van der Waals surface area contributed by atoms with Gasteiger partial charge < -0.3 is 5.73 Å². The van der Waals surface area contributed by atoms with Crippen LogP contribution in [0.3, 0.4) is 0 Å². The Morgan fingerprint density at radius 2 is 2.21 bits per heavy atom. The number of nitrogens with two attached hydrogens (primary N) is 1. The molecule has 2 rings (SSSR count). The summed E-state index contributed by atoms with van der Waals surface area (Å²) in [5.74, 6) is 0. The van der Waals surface area contributed by atoms with Crippen LogP contribution >= 0.6 is 15.9 Å². The average Bonchev–Trinajstić information content (AvgIpc) is 2.10. The number of nitrogen functional groups attached to an aromatic ring is 1. The lowest BCUT2D eigenvalue weighted by Gasteiger charge is -2.34. The predicted octanol–water partition coefficient (Wildman–Crippen LogP) is 2.37. The summed E-state index contributed by atoms with van der Waals surface area (Å²) in [5.41, 5.74) is 6.74. The van der Waals surface area contributed by atoms with Gasteiger partial charge in [0.1, 0.15) is 4.60 Å². The first-order chi connectivity index (χ1) is 6.68. The van der Waals surface area contributed by atoms with Gasteiger partial charge >= 0.3 is 0 Å². The minimum Gasteiger partial charge on any atom is -0.397 e. The van der Waals surface area contributed by atoms with Gasteiger partial charge in [0, 0.05) is 0 Å². The fourth-order valence-corrected chi connectivity index (χ4v) is 1.99. The van der Waals surface area contributed by atoms with E-state index in [0.717, 1.165) is 25.0 Å².